The van der Waals surface area contributed by atoms with E-state index < -0.39 is 0 Å². The molecule has 2 aliphatic heterocycles. The lowest BCUT2D eigenvalue weighted by atomic mass is 9.83. The second-order valence-corrected chi connectivity index (χ2v) is 4.50. The second-order valence-electron chi connectivity index (χ2n) is 4.50. The number of hydrogen-bond donors (Lipinski definition) is 0. The molecule has 0 radical (unpaired) electrons. The first-order chi connectivity index (χ1) is 5.68. The zero-order valence-corrected chi connectivity index (χ0v) is 8.29. The van der Waals surface area contributed by atoms with Crippen molar-refractivity contribution in [1.82, 2.24) is 4.90 Å². The Morgan fingerprint density at radius 3 is 2.50 bits per heavy atom. The average molecular weight is 169 g/mol. The van der Waals surface area contributed by atoms with Crippen molar-refractivity contribution < 1.29 is 4.74 Å². The van der Waals surface area contributed by atoms with E-state index in [1.165, 1.54) is 12.8 Å². The number of ether oxygens (including phenoxy) is 1. The summed E-state index contributed by atoms with van der Waals surface area (Å²) >= 11 is 0. The fraction of sp³-hybridized carbons (Fsp3) is 1.00. The van der Waals surface area contributed by atoms with Gasteiger partial charge in [0.05, 0.1) is 12.7 Å². The highest BCUT2D eigenvalue weighted by Crippen LogP contribution is 2.44. The molecule has 70 valence electrons. The van der Waals surface area contributed by atoms with Crippen LogP contribution in [-0.4, -0.2) is 36.7 Å². The molecule has 1 atom stereocenters. The summed E-state index contributed by atoms with van der Waals surface area (Å²) in [5, 5.41) is 0. The van der Waals surface area contributed by atoms with Crippen molar-refractivity contribution in [2.24, 2.45) is 5.92 Å². The molecule has 3 rings (SSSR count). The van der Waals surface area contributed by atoms with E-state index in [9.17, 15) is 0 Å². The van der Waals surface area contributed by atoms with E-state index in [2.05, 4.69) is 25.8 Å². The second kappa shape index (κ2) is 3.00. The van der Waals surface area contributed by atoms with Crippen LogP contribution < -0.4 is 0 Å². The number of fused-ring (bicyclic) bond motifs is 1. The molecule has 2 heterocycles. The lowest BCUT2D eigenvalue weighted by Crippen LogP contribution is -2.31. The Morgan fingerprint density at radius 1 is 1.42 bits per heavy atom. The van der Waals surface area contributed by atoms with Crippen LogP contribution in [0.1, 0.15) is 26.7 Å². The Balaban J connectivity index is 1.81. The summed E-state index contributed by atoms with van der Waals surface area (Å²) in [6.45, 7) is 5.16. The van der Waals surface area contributed by atoms with Gasteiger partial charge in [0.25, 0.3) is 0 Å². The van der Waals surface area contributed by atoms with Gasteiger partial charge in [0.15, 0.2) is 0 Å². The summed E-state index contributed by atoms with van der Waals surface area (Å²) in [5.74, 6) is 0.943. The zero-order valence-electron chi connectivity index (χ0n) is 8.29. The van der Waals surface area contributed by atoms with Crippen LogP contribution in [0, 0.1) is 5.92 Å². The first-order valence-electron chi connectivity index (χ1n) is 5.02. The number of nitrogens with zero attached hydrogens (tertiary/aromatic N) is 1. The van der Waals surface area contributed by atoms with Gasteiger partial charge in [0.2, 0.25) is 0 Å². The molecular formula is C10H19NO. The van der Waals surface area contributed by atoms with Crippen molar-refractivity contribution in [2.45, 2.75) is 44.9 Å². The van der Waals surface area contributed by atoms with Crippen molar-refractivity contribution in [1.29, 1.82) is 0 Å². The highest BCUT2D eigenvalue weighted by molar-refractivity contribution is 5.02. The van der Waals surface area contributed by atoms with Gasteiger partial charge >= 0.3 is 0 Å². The van der Waals surface area contributed by atoms with Gasteiger partial charge in [-0.3, -0.25) is 4.90 Å². The Morgan fingerprint density at radius 2 is 2.08 bits per heavy atom. The molecule has 0 aromatic rings. The molecule has 0 spiro atoms. The summed E-state index contributed by atoms with van der Waals surface area (Å²) in [6.07, 6.45) is 3.22. The van der Waals surface area contributed by atoms with E-state index >= 15 is 0 Å². The van der Waals surface area contributed by atoms with E-state index in [4.69, 9.17) is 4.74 Å². The van der Waals surface area contributed by atoms with Crippen LogP contribution in [-0.2, 0) is 4.74 Å². The molecule has 0 amide bonds. The van der Waals surface area contributed by atoms with Crippen molar-refractivity contribution in [2.75, 3.05) is 13.7 Å². The van der Waals surface area contributed by atoms with E-state index in [1.54, 1.807) is 0 Å². The van der Waals surface area contributed by atoms with Crippen LogP contribution in [0.2, 0.25) is 0 Å². The Hall–Kier alpha value is -0.0800. The van der Waals surface area contributed by atoms with Crippen molar-refractivity contribution in [3.8, 4) is 0 Å². The average Bonchev–Trinajstić information content (AvgIpc) is 2.33. The molecule has 1 saturated carbocycles. The van der Waals surface area contributed by atoms with Gasteiger partial charge < -0.3 is 4.74 Å². The summed E-state index contributed by atoms with van der Waals surface area (Å²) in [4.78, 5) is 2.51. The molecule has 0 N–H and O–H groups in total. The largest absolute Gasteiger partial charge is 0.377 e. The maximum atomic E-state index is 5.65. The first-order valence-corrected chi connectivity index (χ1v) is 5.02. The monoisotopic (exact) mass is 169 g/mol. The SMILES string of the molecule is CC(C)OC[C@H]1C2CC(C2)N1C. The fourth-order valence-corrected chi connectivity index (χ4v) is 2.42. The maximum Gasteiger partial charge on any atom is 0.0628 e. The number of likely N-dealkylation sites (N-methyl/N-ethyl adjacent to an activating group) is 1. The van der Waals surface area contributed by atoms with Crippen LogP contribution in [0.25, 0.3) is 0 Å². The molecule has 3 aliphatic rings. The van der Waals surface area contributed by atoms with Gasteiger partial charge in [0, 0.05) is 12.1 Å². The molecule has 2 nitrogen and oxygen atoms in total. The maximum absolute atomic E-state index is 5.65. The highest BCUT2D eigenvalue weighted by Gasteiger charge is 2.48. The topological polar surface area (TPSA) is 12.5 Å². The molecule has 2 bridgehead atoms. The van der Waals surface area contributed by atoms with Crippen molar-refractivity contribution in [3.63, 3.8) is 0 Å². The fourth-order valence-electron chi connectivity index (χ4n) is 2.42. The third-order valence-corrected chi connectivity index (χ3v) is 3.39. The molecule has 0 unspecified atom stereocenters. The van der Waals surface area contributed by atoms with E-state index in [1.807, 2.05) is 0 Å². The minimum Gasteiger partial charge on any atom is -0.377 e. The van der Waals surface area contributed by atoms with Gasteiger partial charge in [0.1, 0.15) is 0 Å². The van der Waals surface area contributed by atoms with E-state index in [0.717, 1.165) is 24.6 Å². The molecule has 2 saturated heterocycles. The molecule has 0 aromatic heterocycles. The molecule has 0 aromatic carbocycles. The number of rotatable bonds is 3. The molecule has 1 aliphatic carbocycles. The molecule has 3 fully saturated rings. The summed E-state index contributed by atoms with van der Waals surface area (Å²) in [7, 11) is 2.24. The summed E-state index contributed by atoms with van der Waals surface area (Å²) < 4.78 is 5.65. The standard InChI is InChI=1S/C10H19NO/c1-7(2)12-6-10-8-4-9(5-8)11(10)3/h7-10H,4-6H2,1-3H3/t8?,9?,10-/m0/s1. The third-order valence-electron chi connectivity index (χ3n) is 3.39. The molecule has 12 heavy (non-hydrogen) atoms. The normalized spacial score (nSPS) is 40.5. The quantitative estimate of drug-likeness (QED) is 0.635. The van der Waals surface area contributed by atoms with Gasteiger partial charge in [-0.1, -0.05) is 0 Å². The highest BCUT2D eigenvalue weighted by atomic mass is 16.5. The Kier molecular flexibility index (Phi) is 2.13. The van der Waals surface area contributed by atoms with Crippen LogP contribution in [0.15, 0.2) is 0 Å². The van der Waals surface area contributed by atoms with Gasteiger partial charge in [-0.15, -0.1) is 0 Å². The van der Waals surface area contributed by atoms with Crippen LogP contribution in [0.4, 0.5) is 0 Å². The van der Waals surface area contributed by atoms with Gasteiger partial charge in [-0.05, 0) is 39.7 Å². The molecular weight excluding hydrogens is 150 g/mol. The van der Waals surface area contributed by atoms with Crippen LogP contribution in [0.5, 0.6) is 0 Å². The van der Waals surface area contributed by atoms with E-state index in [-0.39, 0.29) is 0 Å². The van der Waals surface area contributed by atoms with Crippen molar-refractivity contribution >= 4 is 0 Å². The first kappa shape index (κ1) is 8.52. The smallest absolute Gasteiger partial charge is 0.0628 e. The third kappa shape index (κ3) is 1.27. The summed E-state index contributed by atoms with van der Waals surface area (Å²) in [6, 6.07) is 1.60. The predicted molar refractivity (Wildman–Crippen MR) is 49.2 cm³/mol. The number of hydrogen-bond acceptors (Lipinski definition) is 2. The van der Waals surface area contributed by atoms with Crippen LogP contribution >= 0.6 is 0 Å². The summed E-state index contributed by atoms with van der Waals surface area (Å²) in [5.41, 5.74) is 0. The van der Waals surface area contributed by atoms with Gasteiger partial charge in [-0.2, -0.15) is 0 Å². The zero-order chi connectivity index (χ0) is 8.72. The predicted octanol–water partition coefficient (Wildman–Crippen LogP) is 1.50. The van der Waals surface area contributed by atoms with E-state index in [0.29, 0.717) is 6.10 Å². The lowest BCUT2D eigenvalue weighted by Gasteiger charge is -2.23. The lowest BCUT2D eigenvalue weighted by molar-refractivity contribution is 0.0412. The minimum atomic E-state index is 0.385. The van der Waals surface area contributed by atoms with Crippen molar-refractivity contribution in [3.05, 3.63) is 0 Å². The Labute approximate surface area is 74.9 Å². The van der Waals surface area contributed by atoms with Gasteiger partial charge in [-0.25, -0.2) is 0 Å². The minimum absolute atomic E-state index is 0.385. The molecule has 2 heteroatoms. The van der Waals surface area contributed by atoms with Crippen LogP contribution in [0.3, 0.4) is 0 Å². The Bertz CT molecular complexity index is 163.